The number of primary amides is 1. The molecule has 10 rings (SSSR count). The van der Waals surface area contributed by atoms with Gasteiger partial charge in [-0.05, 0) is 110 Å². The SMILES string of the molecule is NC(=O)C(CNC(=O)c1ccc(C[n+]2c(-c3ccccc3)c3cc(N)ccc3c3ccc(N)cc32)cc1)NC(=O)[C@@H](N)CCCNC(=O)c1ccc(C[n+]2c(-c3ccccc3)c3cc(N)ccc3c3ccc(N)cc32)cc1. The highest BCUT2D eigenvalue weighted by Gasteiger charge is 2.27. The smallest absolute Gasteiger partial charge is 0.251 e. The predicted molar refractivity (Wildman–Crippen MR) is 306 cm³/mol. The Labute approximate surface area is 444 Å². The van der Waals surface area contributed by atoms with Crippen molar-refractivity contribution >= 4 is 89.7 Å². The van der Waals surface area contributed by atoms with Gasteiger partial charge in [0.15, 0.2) is 13.1 Å². The number of carbonyl (C=O) groups excluding carboxylic acids is 4. The molecule has 1 unspecified atom stereocenters. The third-order valence-electron chi connectivity index (χ3n) is 14.0. The van der Waals surface area contributed by atoms with Gasteiger partial charge in [0.05, 0.1) is 27.6 Å². The second-order valence-electron chi connectivity index (χ2n) is 19.3. The van der Waals surface area contributed by atoms with Crippen LogP contribution in [0.15, 0.2) is 182 Å². The van der Waals surface area contributed by atoms with Gasteiger partial charge in [-0.2, -0.15) is 9.13 Å². The fraction of sp³-hybridized carbons (Fsp3) is 0.129. The number of hydrogen-bond acceptors (Lipinski definition) is 9. The normalized spacial score (nSPS) is 12.1. The Morgan fingerprint density at radius 3 is 1.32 bits per heavy atom. The second-order valence-corrected chi connectivity index (χ2v) is 19.3. The highest BCUT2D eigenvalue weighted by molar-refractivity contribution is 6.11. The van der Waals surface area contributed by atoms with E-state index in [1.165, 1.54) is 0 Å². The number of carbonyl (C=O) groups is 4. The number of nitrogens with one attached hydrogen (secondary N) is 3. The van der Waals surface area contributed by atoms with Gasteiger partial charge < -0.3 is 50.4 Å². The summed E-state index contributed by atoms with van der Waals surface area (Å²) >= 11 is 0. The number of nitrogens with two attached hydrogens (primary N) is 6. The van der Waals surface area contributed by atoms with Crippen LogP contribution >= 0.6 is 0 Å². The summed E-state index contributed by atoms with van der Waals surface area (Å²) in [5.41, 5.74) is 48.5. The van der Waals surface area contributed by atoms with Crippen LogP contribution in [0.3, 0.4) is 0 Å². The van der Waals surface area contributed by atoms with E-state index in [0.29, 0.717) is 53.4 Å². The van der Waals surface area contributed by atoms with Gasteiger partial charge in [-0.3, -0.25) is 19.2 Å². The Balaban J connectivity index is 0.735. The van der Waals surface area contributed by atoms with Gasteiger partial charge in [-0.25, -0.2) is 0 Å². The third-order valence-corrected chi connectivity index (χ3v) is 14.0. The minimum Gasteiger partial charge on any atom is -0.399 e. The first kappa shape index (κ1) is 50.7. The van der Waals surface area contributed by atoms with Crippen molar-refractivity contribution in [3.05, 3.63) is 204 Å². The number of aromatic nitrogens is 2. The fourth-order valence-corrected chi connectivity index (χ4v) is 10.1. The van der Waals surface area contributed by atoms with Crippen molar-refractivity contribution in [2.75, 3.05) is 36.0 Å². The van der Waals surface area contributed by atoms with Gasteiger partial charge in [-0.15, -0.1) is 0 Å². The molecule has 10 aromatic rings. The molecule has 4 amide bonds. The number of pyridine rings is 2. The molecule has 0 aliphatic carbocycles. The topological polar surface area (TPSA) is 268 Å². The van der Waals surface area contributed by atoms with Crippen LogP contribution in [0.4, 0.5) is 22.7 Å². The molecule has 0 radical (unpaired) electrons. The first-order valence-corrected chi connectivity index (χ1v) is 25.4. The summed E-state index contributed by atoms with van der Waals surface area (Å²) in [5, 5.41) is 14.4. The first-order valence-electron chi connectivity index (χ1n) is 25.4. The lowest BCUT2D eigenvalue weighted by Gasteiger charge is -2.19. The third kappa shape index (κ3) is 10.9. The molecule has 15 heteroatoms. The van der Waals surface area contributed by atoms with E-state index in [-0.39, 0.29) is 25.4 Å². The second kappa shape index (κ2) is 21.9. The number of hydrogen-bond donors (Lipinski definition) is 9. The number of rotatable bonds is 17. The van der Waals surface area contributed by atoms with Gasteiger partial charge in [0.1, 0.15) is 6.04 Å². The lowest BCUT2D eigenvalue weighted by Crippen LogP contribution is -2.54. The lowest BCUT2D eigenvalue weighted by atomic mass is 9.97. The Hall–Kier alpha value is -9.86. The first-order chi connectivity index (χ1) is 37.3. The van der Waals surface area contributed by atoms with Crippen LogP contribution in [0.5, 0.6) is 0 Å². The molecule has 8 aromatic carbocycles. The Bertz CT molecular complexity index is 3890. The van der Waals surface area contributed by atoms with E-state index in [0.717, 1.165) is 77.0 Å². The molecule has 2 heterocycles. The van der Waals surface area contributed by atoms with Crippen molar-refractivity contribution in [2.45, 2.75) is 38.0 Å². The van der Waals surface area contributed by atoms with Crippen molar-refractivity contribution in [2.24, 2.45) is 11.5 Å². The highest BCUT2D eigenvalue weighted by Crippen LogP contribution is 2.35. The van der Waals surface area contributed by atoms with E-state index < -0.39 is 29.8 Å². The molecule has 0 saturated carbocycles. The van der Waals surface area contributed by atoms with Crippen LogP contribution in [0.25, 0.3) is 65.9 Å². The van der Waals surface area contributed by atoms with E-state index in [1.54, 1.807) is 24.3 Å². The molecule has 2 atom stereocenters. The monoisotopic (exact) mass is 1020 g/mol. The number of amides is 4. The van der Waals surface area contributed by atoms with Crippen molar-refractivity contribution in [3.8, 4) is 22.5 Å². The van der Waals surface area contributed by atoms with Crippen molar-refractivity contribution < 1.29 is 28.3 Å². The molecule has 77 heavy (non-hydrogen) atoms. The molecule has 0 aliphatic rings. The zero-order chi connectivity index (χ0) is 53.7. The summed E-state index contributed by atoms with van der Waals surface area (Å²) in [4.78, 5) is 52.3. The molecule has 15 nitrogen and oxygen atoms in total. The zero-order valence-corrected chi connectivity index (χ0v) is 42.2. The average Bonchev–Trinajstić information content (AvgIpc) is 3.52. The van der Waals surface area contributed by atoms with Gasteiger partial charge >= 0.3 is 0 Å². The summed E-state index contributed by atoms with van der Waals surface area (Å²) in [6, 6.07) is 56.2. The minimum atomic E-state index is -1.23. The number of nitrogens with zero attached hydrogens (tertiary/aromatic N) is 2. The Kier molecular flexibility index (Phi) is 14.4. The number of anilines is 4. The average molecular weight is 1020 g/mol. The quantitative estimate of drug-likeness (QED) is 0.0199. The molecule has 384 valence electrons. The fourth-order valence-electron chi connectivity index (χ4n) is 10.1. The summed E-state index contributed by atoms with van der Waals surface area (Å²) in [7, 11) is 0. The maximum absolute atomic E-state index is 13.4. The largest absolute Gasteiger partial charge is 0.399 e. The summed E-state index contributed by atoms with van der Waals surface area (Å²) in [5.74, 6) is -2.20. The maximum Gasteiger partial charge on any atom is 0.251 e. The summed E-state index contributed by atoms with van der Waals surface area (Å²) < 4.78 is 4.45. The summed E-state index contributed by atoms with van der Waals surface area (Å²) in [6.45, 7) is 0.922. The van der Waals surface area contributed by atoms with Crippen LogP contribution in [0, 0.1) is 0 Å². The number of fused-ring (bicyclic) bond motifs is 6. The van der Waals surface area contributed by atoms with Crippen LogP contribution < -0.4 is 59.5 Å². The standard InChI is InChI=1S/C62H57N11O4/c63-43-21-25-47-49-27-23-45(65)32-55(49)72(57(51(47)30-43)39-8-3-1-4-9-39)35-37-13-17-41(18-14-37)60(75)69-29-7-12-53(67)62(77)71-54(59(68)74)34-70-61(76)42-19-15-38(16-20-42)36-73-56-33-46(66)24-28-50(56)48-26-22-44(64)31-52(48)58(73)40-10-5-2-6-11-40/h1-6,8-11,13-28,30-33,53-54,65-66H,7,12,29,34-36,63-64,67H2,(H5,68,69,70,71,74,75,76,77)/p+2/t53-,54?/m0/s1. The molecule has 0 spiro atoms. The van der Waals surface area contributed by atoms with Crippen molar-refractivity contribution in [1.82, 2.24) is 16.0 Å². The molecule has 2 aromatic heterocycles. The Morgan fingerprint density at radius 1 is 0.468 bits per heavy atom. The van der Waals surface area contributed by atoms with E-state index in [9.17, 15) is 19.2 Å². The molecule has 15 N–H and O–H groups in total. The molecule has 0 fully saturated rings. The molecule has 0 bridgehead atoms. The minimum absolute atomic E-state index is 0.202. The van der Waals surface area contributed by atoms with Gasteiger partial charge in [0, 0.05) is 92.1 Å². The van der Waals surface area contributed by atoms with E-state index in [2.05, 4.69) is 49.4 Å². The number of nitrogen functional groups attached to an aromatic ring is 4. The van der Waals surface area contributed by atoms with Gasteiger partial charge in [-0.1, -0.05) is 72.8 Å². The zero-order valence-electron chi connectivity index (χ0n) is 42.2. The number of benzene rings is 8. The van der Waals surface area contributed by atoms with Gasteiger partial charge in [0.2, 0.25) is 34.2 Å². The predicted octanol–water partition coefficient (Wildman–Crippen LogP) is 6.87. The van der Waals surface area contributed by atoms with Crippen LogP contribution in [-0.2, 0) is 22.7 Å². The molecular weight excluding hydrogens is 963 g/mol. The van der Waals surface area contributed by atoms with E-state index in [1.807, 2.05) is 133 Å². The van der Waals surface area contributed by atoms with Gasteiger partial charge in [0.25, 0.3) is 11.8 Å². The molecule has 0 aliphatic heterocycles. The van der Waals surface area contributed by atoms with E-state index in [4.69, 9.17) is 34.4 Å². The molecular formula is C62H59N11O4+2. The van der Waals surface area contributed by atoms with Crippen molar-refractivity contribution in [1.29, 1.82) is 0 Å². The molecule has 0 saturated heterocycles. The highest BCUT2D eigenvalue weighted by atomic mass is 16.2. The Morgan fingerprint density at radius 2 is 0.883 bits per heavy atom. The van der Waals surface area contributed by atoms with Crippen LogP contribution in [-0.4, -0.2) is 48.8 Å². The van der Waals surface area contributed by atoms with Crippen molar-refractivity contribution in [3.63, 3.8) is 0 Å². The maximum atomic E-state index is 13.4. The van der Waals surface area contributed by atoms with Crippen LogP contribution in [0.1, 0.15) is 44.7 Å². The summed E-state index contributed by atoms with van der Waals surface area (Å²) in [6.07, 6.45) is 0.577. The lowest BCUT2D eigenvalue weighted by molar-refractivity contribution is -0.650. The van der Waals surface area contributed by atoms with Crippen LogP contribution in [0.2, 0.25) is 0 Å². The van der Waals surface area contributed by atoms with E-state index >= 15 is 0 Å².